The highest BCUT2D eigenvalue weighted by Gasteiger charge is 1.90. The summed E-state index contributed by atoms with van der Waals surface area (Å²) >= 11 is 0. The van der Waals surface area contributed by atoms with Gasteiger partial charge >= 0.3 is 0 Å². The maximum atomic E-state index is 4.18. The van der Waals surface area contributed by atoms with E-state index in [-0.39, 0.29) is 0 Å². The summed E-state index contributed by atoms with van der Waals surface area (Å²) in [6.07, 6.45) is 1.89. The minimum absolute atomic E-state index is 1.13. The molecule has 11 heavy (non-hydrogen) atoms. The van der Waals surface area contributed by atoms with Crippen LogP contribution in [0.4, 0.5) is 0 Å². The van der Waals surface area contributed by atoms with Gasteiger partial charge < -0.3 is 0 Å². The van der Waals surface area contributed by atoms with Crippen molar-refractivity contribution in [3.8, 4) is 0 Å². The molecule has 0 fully saturated rings. The van der Waals surface area contributed by atoms with Gasteiger partial charge in [-0.2, -0.15) is 0 Å². The van der Waals surface area contributed by atoms with Gasteiger partial charge in [-0.15, -0.1) is 0 Å². The summed E-state index contributed by atoms with van der Waals surface area (Å²) in [5, 5.41) is 0. The fourth-order valence-corrected chi connectivity index (χ4v) is 0.784. The number of aromatic nitrogens is 1. The van der Waals surface area contributed by atoms with E-state index in [2.05, 4.69) is 24.9 Å². The molecule has 0 radical (unpaired) electrons. The van der Waals surface area contributed by atoms with Gasteiger partial charge in [0.2, 0.25) is 0 Å². The molecule has 1 aromatic heterocycles. The first kappa shape index (κ1) is 10.2. The Bertz CT molecular complexity index is 216. The van der Waals surface area contributed by atoms with Gasteiger partial charge in [-0.1, -0.05) is 19.9 Å². The molecule has 0 aromatic carbocycles. The van der Waals surface area contributed by atoms with Crippen LogP contribution in [-0.2, 0) is 0 Å². The van der Waals surface area contributed by atoms with Crippen LogP contribution >= 0.6 is 0 Å². The van der Waals surface area contributed by atoms with E-state index in [1.807, 2.05) is 27.0 Å². The second-order valence-electron chi connectivity index (χ2n) is 2.41. The van der Waals surface area contributed by atoms with E-state index < -0.39 is 0 Å². The summed E-state index contributed by atoms with van der Waals surface area (Å²) in [5.74, 6) is 0. The largest absolute Gasteiger partial charge is 0.261 e. The van der Waals surface area contributed by atoms with E-state index in [4.69, 9.17) is 0 Å². The average Bonchev–Trinajstić information content (AvgIpc) is 2.02. The second-order valence-corrected chi connectivity index (χ2v) is 2.41. The van der Waals surface area contributed by atoms with Gasteiger partial charge in [0.25, 0.3) is 0 Å². The van der Waals surface area contributed by atoms with Gasteiger partial charge in [0.15, 0.2) is 0 Å². The first-order valence-electron chi connectivity index (χ1n) is 4.10. The van der Waals surface area contributed by atoms with Crippen LogP contribution in [0.3, 0.4) is 0 Å². The van der Waals surface area contributed by atoms with Gasteiger partial charge in [0, 0.05) is 11.9 Å². The molecule has 62 valence electrons. The highest BCUT2D eigenvalue weighted by Crippen LogP contribution is 2.03. The van der Waals surface area contributed by atoms with E-state index in [1.54, 1.807) is 0 Å². The molecular formula is C10H17N. The Kier molecular flexibility index (Phi) is 4.51. The van der Waals surface area contributed by atoms with Crippen molar-refractivity contribution in [3.05, 3.63) is 29.1 Å². The molecule has 1 heteroatoms. The molecule has 0 aliphatic rings. The van der Waals surface area contributed by atoms with Crippen molar-refractivity contribution in [2.24, 2.45) is 0 Å². The fourth-order valence-electron chi connectivity index (χ4n) is 0.784. The van der Waals surface area contributed by atoms with E-state index in [0.29, 0.717) is 0 Å². The molecule has 0 amide bonds. The van der Waals surface area contributed by atoms with E-state index >= 15 is 0 Å². The third kappa shape index (κ3) is 3.17. The predicted molar refractivity (Wildman–Crippen MR) is 49.8 cm³/mol. The van der Waals surface area contributed by atoms with E-state index in [1.165, 1.54) is 11.1 Å². The lowest BCUT2D eigenvalue weighted by Gasteiger charge is -1.97. The van der Waals surface area contributed by atoms with Gasteiger partial charge in [0.1, 0.15) is 0 Å². The molecule has 0 spiro atoms. The molecule has 0 aliphatic carbocycles. The Labute approximate surface area is 69.5 Å². The SMILES string of the molecule is CC.Cc1cnc(C)c(C)c1. The van der Waals surface area contributed by atoms with Crippen LogP contribution < -0.4 is 0 Å². The number of hydrogen-bond acceptors (Lipinski definition) is 1. The Morgan fingerprint density at radius 1 is 1.09 bits per heavy atom. The molecule has 0 N–H and O–H groups in total. The summed E-state index contributed by atoms with van der Waals surface area (Å²) in [6.45, 7) is 10.2. The van der Waals surface area contributed by atoms with Crippen LogP contribution in [0.25, 0.3) is 0 Å². The quantitative estimate of drug-likeness (QED) is 0.555. The normalized spacial score (nSPS) is 8.45. The number of rotatable bonds is 0. The van der Waals surface area contributed by atoms with Crippen molar-refractivity contribution in [1.29, 1.82) is 0 Å². The average molecular weight is 151 g/mol. The Morgan fingerprint density at radius 3 is 2.00 bits per heavy atom. The van der Waals surface area contributed by atoms with Crippen molar-refractivity contribution < 1.29 is 0 Å². The zero-order chi connectivity index (χ0) is 8.85. The van der Waals surface area contributed by atoms with Crippen LogP contribution in [0.1, 0.15) is 30.7 Å². The van der Waals surface area contributed by atoms with Crippen molar-refractivity contribution >= 4 is 0 Å². The van der Waals surface area contributed by atoms with E-state index in [0.717, 1.165) is 5.69 Å². The monoisotopic (exact) mass is 151 g/mol. The first-order chi connectivity index (χ1) is 5.20. The molecule has 0 unspecified atom stereocenters. The first-order valence-corrected chi connectivity index (χ1v) is 4.10. The minimum Gasteiger partial charge on any atom is -0.261 e. The molecular weight excluding hydrogens is 134 g/mol. The van der Waals surface area contributed by atoms with Gasteiger partial charge in [-0.3, -0.25) is 4.98 Å². The molecule has 1 nitrogen and oxygen atoms in total. The summed E-state index contributed by atoms with van der Waals surface area (Å²) in [5.41, 5.74) is 3.63. The molecule has 0 atom stereocenters. The second kappa shape index (κ2) is 4.89. The van der Waals surface area contributed by atoms with E-state index in [9.17, 15) is 0 Å². The number of pyridine rings is 1. The predicted octanol–water partition coefficient (Wildman–Crippen LogP) is 3.03. The Balaban J connectivity index is 0.000000461. The topological polar surface area (TPSA) is 12.9 Å². The van der Waals surface area contributed by atoms with Crippen molar-refractivity contribution in [2.75, 3.05) is 0 Å². The summed E-state index contributed by atoms with van der Waals surface area (Å²) in [4.78, 5) is 4.18. The maximum Gasteiger partial charge on any atom is 0.0401 e. The standard InChI is InChI=1S/C8H11N.C2H6/c1-6-4-7(2)8(3)9-5-6;1-2/h4-5H,1-3H3;1-2H3. The summed E-state index contributed by atoms with van der Waals surface area (Å²) < 4.78 is 0. The molecule has 0 aliphatic heterocycles. The molecule has 0 bridgehead atoms. The number of nitrogens with zero attached hydrogens (tertiary/aromatic N) is 1. The van der Waals surface area contributed by atoms with Crippen molar-refractivity contribution in [3.63, 3.8) is 0 Å². The van der Waals surface area contributed by atoms with Crippen molar-refractivity contribution in [1.82, 2.24) is 4.98 Å². The minimum atomic E-state index is 1.13. The van der Waals surface area contributed by atoms with Gasteiger partial charge in [-0.25, -0.2) is 0 Å². The van der Waals surface area contributed by atoms with Gasteiger partial charge in [-0.05, 0) is 31.9 Å². The fraction of sp³-hybridized carbons (Fsp3) is 0.500. The van der Waals surface area contributed by atoms with Crippen LogP contribution in [0.15, 0.2) is 12.3 Å². The molecule has 1 rings (SSSR count). The lowest BCUT2D eigenvalue weighted by Crippen LogP contribution is -1.85. The Morgan fingerprint density at radius 2 is 1.64 bits per heavy atom. The highest BCUT2D eigenvalue weighted by molar-refractivity contribution is 5.21. The third-order valence-corrected chi connectivity index (χ3v) is 1.48. The number of aryl methyl sites for hydroxylation is 3. The van der Waals surface area contributed by atoms with Crippen LogP contribution in [0.2, 0.25) is 0 Å². The molecule has 0 saturated heterocycles. The smallest absolute Gasteiger partial charge is 0.0401 e. The zero-order valence-corrected chi connectivity index (χ0v) is 8.10. The third-order valence-electron chi connectivity index (χ3n) is 1.48. The number of hydrogen-bond donors (Lipinski definition) is 0. The molecule has 0 saturated carbocycles. The lowest BCUT2D eigenvalue weighted by atomic mass is 10.2. The summed E-state index contributed by atoms with van der Waals surface area (Å²) in [6, 6.07) is 2.14. The lowest BCUT2D eigenvalue weighted by molar-refractivity contribution is 1.12. The molecule has 1 aromatic rings. The van der Waals surface area contributed by atoms with Crippen LogP contribution in [-0.4, -0.2) is 4.98 Å². The summed E-state index contributed by atoms with van der Waals surface area (Å²) in [7, 11) is 0. The zero-order valence-electron chi connectivity index (χ0n) is 8.10. The Hall–Kier alpha value is -0.850. The maximum absolute atomic E-state index is 4.18. The van der Waals surface area contributed by atoms with Crippen molar-refractivity contribution in [2.45, 2.75) is 34.6 Å². The van der Waals surface area contributed by atoms with Crippen LogP contribution in [0.5, 0.6) is 0 Å². The van der Waals surface area contributed by atoms with Gasteiger partial charge in [0.05, 0.1) is 0 Å². The van der Waals surface area contributed by atoms with Crippen LogP contribution in [0, 0.1) is 20.8 Å². The molecule has 1 heterocycles. The highest BCUT2D eigenvalue weighted by atomic mass is 14.7.